The number of aromatic amines is 1. The first-order chi connectivity index (χ1) is 16.9. The molecule has 0 radical (unpaired) electrons. The van der Waals surface area contributed by atoms with Gasteiger partial charge in [-0.15, -0.1) is 0 Å². The van der Waals surface area contributed by atoms with Crippen LogP contribution in [0.3, 0.4) is 0 Å². The van der Waals surface area contributed by atoms with Crippen LogP contribution in [0.4, 0.5) is 17.3 Å². The Kier molecular flexibility index (Phi) is 6.04. The van der Waals surface area contributed by atoms with Gasteiger partial charge in [-0.05, 0) is 37.1 Å². The van der Waals surface area contributed by atoms with Crippen LogP contribution >= 0.6 is 0 Å². The summed E-state index contributed by atoms with van der Waals surface area (Å²) in [6.45, 7) is 1.74. The monoisotopic (exact) mass is 488 g/mol. The molecule has 1 amide bonds. The van der Waals surface area contributed by atoms with Gasteiger partial charge in [0.25, 0.3) is 5.16 Å². The lowest BCUT2D eigenvalue weighted by Gasteiger charge is -2.10. The summed E-state index contributed by atoms with van der Waals surface area (Å²) in [7, 11) is -4.03. The van der Waals surface area contributed by atoms with E-state index < -0.39 is 9.84 Å². The number of amides is 1. The number of nitrogens with zero attached hydrogens (tertiary/aromatic N) is 3. The number of H-pyrrole nitrogens is 1. The zero-order valence-electron chi connectivity index (χ0n) is 19.0. The molecule has 4 aromatic rings. The van der Waals surface area contributed by atoms with Crippen molar-refractivity contribution in [3.8, 4) is 11.3 Å². The van der Waals surface area contributed by atoms with Gasteiger partial charge in [0.05, 0.1) is 16.3 Å². The van der Waals surface area contributed by atoms with Gasteiger partial charge in [0.1, 0.15) is 11.6 Å². The summed E-state index contributed by atoms with van der Waals surface area (Å²) >= 11 is 0. The number of hydrogen-bond donors (Lipinski definition) is 3. The molecule has 3 N–H and O–H groups in total. The third-order valence-corrected chi connectivity index (χ3v) is 7.20. The normalized spacial score (nSPS) is 13.4. The minimum absolute atomic E-state index is 0.0284. The van der Waals surface area contributed by atoms with Gasteiger partial charge in [-0.25, -0.2) is 18.4 Å². The molecule has 2 aromatic heterocycles. The minimum atomic E-state index is -4.03. The van der Waals surface area contributed by atoms with Crippen molar-refractivity contribution in [2.75, 3.05) is 10.6 Å². The first-order valence-electron chi connectivity index (χ1n) is 11.3. The van der Waals surface area contributed by atoms with Crippen LogP contribution in [0.15, 0.2) is 76.8 Å². The predicted molar refractivity (Wildman–Crippen MR) is 132 cm³/mol. The van der Waals surface area contributed by atoms with E-state index in [-0.39, 0.29) is 16.0 Å². The largest absolute Gasteiger partial charge is 0.326 e. The number of anilines is 3. The smallest absolute Gasteiger partial charge is 0.254 e. The average molecular weight is 489 g/mol. The molecule has 2 aromatic carbocycles. The molecule has 178 valence electrons. The summed E-state index contributed by atoms with van der Waals surface area (Å²) in [5.41, 5.74) is 2.72. The summed E-state index contributed by atoms with van der Waals surface area (Å²) < 4.78 is 26.9. The second kappa shape index (κ2) is 9.30. The van der Waals surface area contributed by atoms with E-state index in [4.69, 9.17) is 0 Å². The standard InChI is InChI=1S/C25H24N6O3S/c1-2-24(32)26-18-10-12-19(13-11-18)35(33,34)25-27-20(16-6-4-3-5-7-16)14-22(29-25)28-23-15-21(30-31-23)17-8-9-17/h3-7,10-15,17H,2,8-9H2,1H3,(H,26,32)(H2,27,28,29,30,31). The van der Waals surface area contributed by atoms with Gasteiger partial charge >= 0.3 is 0 Å². The SMILES string of the molecule is CCC(=O)Nc1ccc(S(=O)(=O)c2nc(Nc3cc(C4CC4)n[nH]3)cc(-c3ccccc3)n2)cc1. The lowest BCUT2D eigenvalue weighted by atomic mass is 10.1. The van der Waals surface area contributed by atoms with Crippen molar-refractivity contribution in [3.05, 3.63) is 72.4 Å². The van der Waals surface area contributed by atoms with Crippen LogP contribution in [0.2, 0.25) is 0 Å². The fraction of sp³-hybridized carbons (Fsp3) is 0.200. The van der Waals surface area contributed by atoms with Crippen LogP contribution in [0.1, 0.15) is 37.8 Å². The molecule has 1 aliphatic rings. The Balaban J connectivity index is 1.51. The van der Waals surface area contributed by atoms with Crippen LogP contribution in [-0.2, 0) is 14.6 Å². The highest BCUT2D eigenvalue weighted by atomic mass is 32.2. The number of aromatic nitrogens is 4. The molecule has 2 heterocycles. The number of sulfone groups is 1. The van der Waals surface area contributed by atoms with Gasteiger partial charge in [-0.3, -0.25) is 9.89 Å². The lowest BCUT2D eigenvalue weighted by molar-refractivity contribution is -0.115. The van der Waals surface area contributed by atoms with Gasteiger partial charge < -0.3 is 10.6 Å². The van der Waals surface area contributed by atoms with Crippen LogP contribution in [0.5, 0.6) is 0 Å². The summed E-state index contributed by atoms with van der Waals surface area (Å²) in [5.74, 6) is 1.28. The van der Waals surface area contributed by atoms with Crippen molar-refractivity contribution in [2.24, 2.45) is 0 Å². The van der Waals surface area contributed by atoms with Crippen molar-refractivity contribution >= 4 is 33.1 Å². The Morgan fingerprint density at radius 2 is 1.77 bits per heavy atom. The van der Waals surface area contributed by atoms with E-state index in [1.807, 2.05) is 36.4 Å². The minimum Gasteiger partial charge on any atom is -0.326 e. The van der Waals surface area contributed by atoms with E-state index in [1.54, 1.807) is 25.1 Å². The van der Waals surface area contributed by atoms with Gasteiger partial charge in [0, 0.05) is 35.7 Å². The van der Waals surface area contributed by atoms with E-state index in [2.05, 4.69) is 30.8 Å². The van der Waals surface area contributed by atoms with Crippen molar-refractivity contribution in [2.45, 2.75) is 42.2 Å². The summed E-state index contributed by atoms with van der Waals surface area (Å²) in [6.07, 6.45) is 2.58. The molecule has 1 aliphatic carbocycles. The molecular weight excluding hydrogens is 464 g/mol. The number of benzene rings is 2. The Hall–Kier alpha value is -4.05. The quantitative estimate of drug-likeness (QED) is 0.307. The van der Waals surface area contributed by atoms with E-state index in [0.717, 1.165) is 24.1 Å². The molecule has 0 spiro atoms. The van der Waals surface area contributed by atoms with E-state index in [0.29, 0.717) is 35.4 Å². The molecule has 0 unspecified atom stereocenters. The third kappa shape index (κ3) is 5.07. The second-order valence-corrected chi connectivity index (χ2v) is 10.2. The molecule has 0 atom stereocenters. The molecule has 35 heavy (non-hydrogen) atoms. The van der Waals surface area contributed by atoms with Gasteiger partial charge in [0.2, 0.25) is 15.7 Å². The Morgan fingerprint density at radius 3 is 2.46 bits per heavy atom. The van der Waals surface area contributed by atoms with Crippen LogP contribution < -0.4 is 10.6 Å². The number of rotatable bonds is 8. The van der Waals surface area contributed by atoms with E-state index in [9.17, 15) is 13.2 Å². The van der Waals surface area contributed by atoms with Crippen LogP contribution in [-0.4, -0.2) is 34.5 Å². The molecular formula is C25H24N6O3S. The fourth-order valence-electron chi connectivity index (χ4n) is 3.57. The highest BCUT2D eigenvalue weighted by Gasteiger charge is 2.27. The average Bonchev–Trinajstić information content (AvgIpc) is 3.63. The van der Waals surface area contributed by atoms with E-state index >= 15 is 0 Å². The number of carbonyl (C=O) groups excluding carboxylic acids is 1. The number of carbonyl (C=O) groups is 1. The lowest BCUT2D eigenvalue weighted by Crippen LogP contribution is -2.11. The summed E-state index contributed by atoms with van der Waals surface area (Å²) in [4.78, 5) is 20.4. The molecule has 10 heteroatoms. The molecule has 1 fully saturated rings. The molecule has 0 bridgehead atoms. The molecule has 0 aliphatic heterocycles. The maximum absolute atomic E-state index is 13.5. The van der Waals surface area contributed by atoms with Crippen molar-refractivity contribution in [3.63, 3.8) is 0 Å². The Bertz CT molecular complexity index is 1460. The maximum Gasteiger partial charge on any atom is 0.254 e. The summed E-state index contributed by atoms with van der Waals surface area (Å²) in [6, 6.07) is 18.9. The van der Waals surface area contributed by atoms with Crippen molar-refractivity contribution in [1.29, 1.82) is 0 Å². The highest BCUT2D eigenvalue weighted by molar-refractivity contribution is 7.91. The topological polar surface area (TPSA) is 130 Å². The molecule has 1 saturated carbocycles. The van der Waals surface area contributed by atoms with Gasteiger partial charge in [-0.1, -0.05) is 37.3 Å². The van der Waals surface area contributed by atoms with Crippen molar-refractivity contribution < 1.29 is 13.2 Å². The zero-order valence-corrected chi connectivity index (χ0v) is 19.8. The number of nitrogens with one attached hydrogen (secondary N) is 3. The Labute approximate surface area is 203 Å². The van der Waals surface area contributed by atoms with Gasteiger partial charge in [0.15, 0.2) is 0 Å². The number of hydrogen-bond acceptors (Lipinski definition) is 7. The van der Waals surface area contributed by atoms with Crippen LogP contribution in [0, 0.1) is 0 Å². The second-order valence-electron chi connectivity index (χ2n) is 8.32. The highest BCUT2D eigenvalue weighted by Crippen LogP contribution is 2.39. The fourth-order valence-corrected chi connectivity index (χ4v) is 4.71. The maximum atomic E-state index is 13.5. The first-order valence-corrected chi connectivity index (χ1v) is 12.8. The van der Waals surface area contributed by atoms with Crippen LogP contribution in [0.25, 0.3) is 11.3 Å². The first kappa shape index (κ1) is 22.7. The third-order valence-electron chi connectivity index (χ3n) is 5.64. The molecule has 9 nitrogen and oxygen atoms in total. The molecule has 5 rings (SSSR count). The zero-order chi connectivity index (χ0) is 24.4. The predicted octanol–water partition coefficient (Wildman–Crippen LogP) is 4.67. The van der Waals surface area contributed by atoms with E-state index in [1.165, 1.54) is 12.1 Å². The Morgan fingerprint density at radius 1 is 1.03 bits per heavy atom. The summed E-state index contributed by atoms with van der Waals surface area (Å²) in [5, 5.41) is 12.8. The molecule has 0 saturated heterocycles. The van der Waals surface area contributed by atoms with Crippen molar-refractivity contribution in [1.82, 2.24) is 20.2 Å². The van der Waals surface area contributed by atoms with Gasteiger partial charge in [-0.2, -0.15) is 5.10 Å².